The second-order valence-electron chi connectivity index (χ2n) is 4.38. The van der Waals surface area contributed by atoms with Crippen LogP contribution in [0.5, 0.6) is 0 Å². The van der Waals surface area contributed by atoms with E-state index in [1.165, 1.54) is 0 Å². The van der Waals surface area contributed by atoms with E-state index in [1.54, 1.807) is 11.3 Å². The quantitative estimate of drug-likeness (QED) is 0.781. The molecule has 3 heteroatoms. The van der Waals surface area contributed by atoms with Gasteiger partial charge in [0.25, 0.3) is 0 Å². The average Bonchev–Trinajstić information content (AvgIpc) is 2.60. The van der Waals surface area contributed by atoms with Crippen LogP contribution in [-0.4, -0.2) is 16.7 Å². The fourth-order valence-corrected chi connectivity index (χ4v) is 1.98. The summed E-state index contributed by atoms with van der Waals surface area (Å²) in [5, 5.41) is 11.7. The predicted molar refractivity (Wildman–Crippen MR) is 64.0 cm³/mol. The number of hydrogen-bond acceptors (Lipinski definition) is 3. The summed E-state index contributed by atoms with van der Waals surface area (Å²) in [6.07, 6.45) is 1.25. The number of nitrogens with zero attached hydrogens (tertiary/aromatic N) is 1. The van der Waals surface area contributed by atoms with Gasteiger partial charge in [0.15, 0.2) is 0 Å². The third kappa shape index (κ3) is 4.03. The smallest absolute Gasteiger partial charge is 0.105 e. The van der Waals surface area contributed by atoms with Gasteiger partial charge in [-0.15, -0.1) is 17.3 Å². The van der Waals surface area contributed by atoms with Crippen LogP contribution in [0.1, 0.15) is 37.9 Å². The first-order valence-electron chi connectivity index (χ1n) is 5.05. The van der Waals surface area contributed by atoms with E-state index in [1.807, 2.05) is 0 Å². The van der Waals surface area contributed by atoms with Crippen LogP contribution in [0.25, 0.3) is 0 Å². The minimum Gasteiger partial charge on any atom is -0.395 e. The first-order valence-corrected chi connectivity index (χ1v) is 5.93. The predicted octanol–water partition coefficient (Wildman–Crippen LogP) is 2.37. The topological polar surface area (TPSA) is 33.1 Å². The van der Waals surface area contributed by atoms with E-state index in [2.05, 4.69) is 43.0 Å². The molecule has 0 saturated heterocycles. The molecular weight excluding hydrogens is 206 g/mol. The molecule has 0 radical (unpaired) electrons. The highest BCUT2D eigenvalue weighted by molar-refractivity contribution is 7.09. The summed E-state index contributed by atoms with van der Waals surface area (Å²) in [6.45, 7) is 6.61. The Kier molecular flexibility index (Phi) is 4.31. The van der Waals surface area contributed by atoms with Crippen molar-refractivity contribution < 1.29 is 5.11 Å². The molecule has 0 bridgehead atoms. The van der Waals surface area contributed by atoms with Crippen LogP contribution in [-0.2, 0) is 11.8 Å². The van der Waals surface area contributed by atoms with Crippen molar-refractivity contribution in [1.82, 2.24) is 4.98 Å². The van der Waals surface area contributed by atoms with Gasteiger partial charge in [0, 0.05) is 17.2 Å². The molecule has 0 fully saturated rings. The molecule has 0 aromatic carbocycles. The zero-order valence-electron chi connectivity index (χ0n) is 9.50. The molecule has 82 valence electrons. The maximum atomic E-state index is 8.56. The highest BCUT2D eigenvalue weighted by Gasteiger charge is 2.16. The molecule has 2 nitrogen and oxygen atoms in total. The van der Waals surface area contributed by atoms with Crippen molar-refractivity contribution in [1.29, 1.82) is 0 Å². The second-order valence-corrected chi connectivity index (χ2v) is 5.32. The zero-order valence-corrected chi connectivity index (χ0v) is 10.3. The lowest BCUT2D eigenvalue weighted by atomic mass is 9.93. The van der Waals surface area contributed by atoms with Crippen LogP contribution < -0.4 is 0 Å². The Balaban J connectivity index is 2.59. The molecule has 1 N–H and O–H groups in total. The van der Waals surface area contributed by atoms with E-state index >= 15 is 0 Å². The SMILES string of the molecule is CC(C)(C)c1csc(CC#CCCO)n1. The van der Waals surface area contributed by atoms with Crippen LogP contribution in [0, 0.1) is 11.8 Å². The Labute approximate surface area is 95.4 Å². The number of hydrogen-bond donors (Lipinski definition) is 1. The fourth-order valence-electron chi connectivity index (χ4n) is 1.02. The molecule has 0 atom stereocenters. The van der Waals surface area contributed by atoms with Gasteiger partial charge in [-0.25, -0.2) is 4.98 Å². The molecule has 0 spiro atoms. The Morgan fingerprint density at radius 1 is 1.40 bits per heavy atom. The Hall–Kier alpha value is -0.850. The lowest BCUT2D eigenvalue weighted by Gasteiger charge is -2.14. The molecule has 0 aliphatic rings. The van der Waals surface area contributed by atoms with Gasteiger partial charge in [0.1, 0.15) is 5.01 Å². The second kappa shape index (κ2) is 5.29. The summed E-state index contributed by atoms with van der Waals surface area (Å²) < 4.78 is 0. The maximum Gasteiger partial charge on any atom is 0.105 e. The summed E-state index contributed by atoms with van der Waals surface area (Å²) in [6, 6.07) is 0. The average molecular weight is 223 g/mol. The van der Waals surface area contributed by atoms with Gasteiger partial charge in [-0.3, -0.25) is 0 Å². The maximum absolute atomic E-state index is 8.56. The van der Waals surface area contributed by atoms with Crippen LogP contribution in [0.2, 0.25) is 0 Å². The minimum atomic E-state index is 0.118. The minimum absolute atomic E-state index is 0.118. The highest BCUT2D eigenvalue weighted by Crippen LogP contribution is 2.23. The molecule has 1 heterocycles. The Morgan fingerprint density at radius 2 is 2.13 bits per heavy atom. The molecule has 0 unspecified atom stereocenters. The standard InChI is InChI=1S/C12H17NOS/c1-12(2,3)10-9-15-11(13-10)7-5-4-6-8-14/h9,14H,6-8H2,1-3H3. The molecule has 0 amide bonds. The molecule has 0 aliphatic carbocycles. The van der Waals surface area contributed by atoms with Crippen LogP contribution in [0.15, 0.2) is 5.38 Å². The molecule has 0 aliphatic heterocycles. The zero-order chi connectivity index (χ0) is 11.3. The molecular formula is C12H17NOS. The van der Waals surface area contributed by atoms with E-state index in [4.69, 9.17) is 5.11 Å². The van der Waals surface area contributed by atoms with Gasteiger partial charge >= 0.3 is 0 Å². The largest absolute Gasteiger partial charge is 0.395 e. The van der Waals surface area contributed by atoms with Gasteiger partial charge in [-0.05, 0) is 0 Å². The van der Waals surface area contributed by atoms with Crippen molar-refractivity contribution in [2.45, 2.75) is 39.0 Å². The van der Waals surface area contributed by atoms with Crippen molar-refractivity contribution in [2.24, 2.45) is 0 Å². The molecule has 0 saturated carbocycles. The first kappa shape index (κ1) is 12.2. The molecule has 15 heavy (non-hydrogen) atoms. The van der Waals surface area contributed by atoms with E-state index in [9.17, 15) is 0 Å². The summed E-state index contributed by atoms with van der Waals surface area (Å²) in [5.41, 5.74) is 1.25. The third-order valence-electron chi connectivity index (χ3n) is 1.92. The van der Waals surface area contributed by atoms with Crippen molar-refractivity contribution in [3.05, 3.63) is 16.1 Å². The normalized spacial score (nSPS) is 10.9. The van der Waals surface area contributed by atoms with E-state index in [0.717, 1.165) is 10.7 Å². The van der Waals surface area contributed by atoms with Gasteiger partial charge in [0.05, 0.1) is 18.7 Å². The lowest BCUT2D eigenvalue weighted by Crippen LogP contribution is -2.11. The summed E-state index contributed by atoms with van der Waals surface area (Å²) in [7, 11) is 0. The monoisotopic (exact) mass is 223 g/mol. The lowest BCUT2D eigenvalue weighted by molar-refractivity contribution is 0.305. The van der Waals surface area contributed by atoms with E-state index in [-0.39, 0.29) is 12.0 Å². The van der Waals surface area contributed by atoms with Gasteiger partial charge in [0.2, 0.25) is 0 Å². The fraction of sp³-hybridized carbons (Fsp3) is 0.583. The van der Waals surface area contributed by atoms with Gasteiger partial charge in [-0.2, -0.15) is 0 Å². The number of aliphatic hydroxyl groups is 1. The highest BCUT2D eigenvalue weighted by atomic mass is 32.1. The number of aliphatic hydroxyl groups excluding tert-OH is 1. The summed E-state index contributed by atoms with van der Waals surface area (Å²) in [5.74, 6) is 5.90. The van der Waals surface area contributed by atoms with Crippen molar-refractivity contribution in [3.63, 3.8) is 0 Å². The van der Waals surface area contributed by atoms with Crippen molar-refractivity contribution in [3.8, 4) is 11.8 Å². The van der Waals surface area contributed by atoms with E-state index < -0.39 is 0 Å². The summed E-state index contributed by atoms with van der Waals surface area (Å²) >= 11 is 1.66. The van der Waals surface area contributed by atoms with Crippen molar-refractivity contribution >= 4 is 11.3 Å². The third-order valence-corrected chi connectivity index (χ3v) is 2.77. The summed E-state index contributed by atoms with van der Waals surface area (Å²) in [4.78, 5) is 4.53. The number of thiazole rings is 1. The van der Waals surface area contributed by atoms with Crippen LogP contribution in [0.4, 0.5) is 0 Å². The van der Waals surface area contributed by atoms with Gasteiger partial charge in [-0.1, -0.05) is 26.7 Å². The molecule has 1 aromatic heterocycles. The van der Waals surface area contributed by atoms with E-state index in [0.29, 0.717) is 12.8 Å². The molecule has 1 aromatic rings. The Bertz CT molecular complexity index is 365. The number of rotatable bonds is 2. The Morgan fingerprint density at radius 3 is 2.67 bits per heavy atom. The number of aromatic nitrogens is 1. The van der Waals surface area contributed by atoms with Crippen LogP contribution >= 0.6 is 11.3 Å². The first-order chi connectivity index (χ1) is 7.04. The molecule has 1 rings (SSSR count). The van der Waals surface area contributed by atoms with Gasteiger partial charge < -0.3 is 5.11 Å². The van der Waals surface area contributed by atoms with Crippen molar-refractivity contribution in [2.75, 3.05) is 6.61 Å². The van der Waals surface area contributed by atoms with Crippen LogP contribution in [0.3, 0.4) is 0 Å².